The van der Waals surface area contributed by atoms with E-state index in [4.69, 9.17) is 16.2 Å². The molecule has 4 nitrogen and oxygen atoms in total. The van der Waals surface area contributed by atoms with Crippen LogP contribution in [-0.4, -0.2) is 42.1 Å². The van der Waals surface area contributed by atoms with Crippen molar-refractivity contribution in [3.8, 4) is 0 Å². The molecule has 0 saturated heterocycles. The normalized spacial score (nSPS) is 10.8. The van der Waals surface area contributed by atoms with Crippen molar-refractivity contribution < 1.29 is 5.11 Å². The minimum absolute atomic E-state index is 0.268. The van der Waals surface area contributed by atoms with Crippen LogP contribution < -0.4 is 5.73 Å². The van der Waals surface area contributed by atoms with Crippen molar-refractivity contribution in [1.29, 1.82) is 5.41 Å². The fraction of sp³-hybridized carbons (Fsp3) is 0.900. The zero-order valence-corrected chi connectivity index (χ0v) is 9.13. The smallest absolute Gasteiger partial charge is 0.0905 e. The highest BCUT2D eigenvalue weighted by molar-refractivity contribution is 5.76. The number of aliphatic hydroxyl groups excluding tert-OH is 1. The number of rotatable bonds is 9. The third kappa shape index (κ3) is 8.01. The van der Waals surface area contributed by atoms with Crippen LogP contribution in [0, 0.1) is 5.41 Å². The first kappa shape index (κ1) is 13.4. The Morgan fingerprint density at radius 3 is 2.43 bits per heavy atom. The van der Waals surface area contributed by atoms with Crippen molar-refractivity contribution in [3.05, 3.63) is 0 Å². The van der Waals surface area contributed by atoms with Crippen molar-refractivity contribution in [2.24, 2.45) is 5.73 Å². The Balaban J connectivity index is 3.37. The molecule has 0 aliphatic heterocycles. The van der Waals surface area contributed by atoms with Gasteiger partial charge < -0.3 is 15.7 Å². The van der Waals surface area contributed by atoms with E-state index in [1.54, 1.807) is 0 Å². The largest absolute Gasteiger partial charge is 0.396 e. The Labute approximate surface area is 86.6 Å². The highest BCUT2D eigenvalue weighted by atomic mass is 16.3. The Bertz CT molecular complexity index is 150. The van der Waals surface area contributed by atoms with Gasteiger partial charge in [-0.3, -0.25) is 5.41 Å². The average Bonchev–Trinajstić information content (AvgIpc) is 2.16. The van der Waals surface area contributed by atoms with Gasteiger partial charge in [0.05, 0.1) is 5.84 Å². The average molecular weight is 201 g/mol. The van der Waals surface area contributed by atoms with E-state index < -0.39 is 0 Å². The highest BCUT2D eigenvalue weighted by Crippen LogP contribution is 1.99. The van der Waals surface area contributed by atoms with Crippen LogP contribution in [0.2, 0.25) is 0 Å². The summed E-state index contributed by atoms with van der Waals surface area (Å²) in [5, 5.41) is 15.8. The summed E-state index contributed by atoms with van der Waals surface area (Å²) in [7, 11) is 0. The molecule has 0 amide bonds. The van der Waals surface area contributed by atoms with Gasteiger partial charge >= 0.3 is 0 Å². The van der Waals surface area contributed by atoms with Gasteiger partial charge in [-0.05, 0) is 32.4 Å². The summed E-state index contributed by atoms with van der Waals surface area (Å²) in [5.74, 6) is 0.281. The van der Waals surface area contributed by atoms with Gasteiger partial charge in [0.25, 0.3) is 0 Å². The summed E-state index contributed by atoms with van der Waals surface area (Å²) in [6, 6.07) is 0. The second-order valence-corrected chi connectivity index (χ2v) is 3.49. The SMILES string of the molecule is CCN(CCCO)CCCCC(=N)N. The predicted molar refractivity (Wildman–Crippen MR) is 59.6 cm³/mol. The Morgan fingerprint density at radius 2 is 1.93 bits per heavy atom. The highest BCUT2D eigenvalue weighted by Gasteiger charge is 2.01. The Morgan fingerprint density at radius 1 is 1.29 bits per heavy atom. The monoisotopic (exact) mass is 201 g/mol. The van der Waals surface area contributed by atoms with Crippen LogP contribution in [0.1, 0.15) is 32.6 Å². The topological polar surface area (TPSA) is 73.3 Å². The molecule has 0 fully saturated rings. The fourth-order valence-electron chi connectivity index (χ4n) is 1.37. The molecule has 4 N–H and O–H groups in total. The number of nitrogens with one attached hydrogen (secondary N) is 1. The van der Waals surface area contributed by atoms with Crippen LogP contribution in [0.25, 0.3) is 0 Å². The molecule has 0 atom stereocenters. The van der Waals surface area contributed by atoms with E-state index in [1.807, 2.05) is 0 Å². The number of hydrogen-bond acceptors (Lipinski definition) is 3. The molecule has 0 aliphatic carbocycles. The predicted octanol–water partition coefficient (Wildman–Crippen LogP) is 0.797. The molecule has 0 bridgehead atoms. The number of nitrogens with two attached hydrogens (primary N) is 1. The number of unbranched alkanes of at least 4 members (excludes halogenated alkanes) is 1. The van der Waals surface area contributed by atoms with Crippen LogP contribution in [-0.2, 0) is 0 Å². The molecule has 0 radical (unpaired) electrons. The summed E-state index contributed by atoms with van der Waals surface area (Å²) < 4.78 is 0. The molecule has 0 aromatic heterocycles. The Kier molecular flexibility index (Phi) is 8.57. The third-order valence-electron chi connectivity index (χ3n) is 2.25. The lowest BCUT2D eigenvalue weighted by molar-refractivity contribution is 0.228. The quantitative estimate of drug-likeness (QED) is 0.293. The minimum atomic E-state index is 0.268. The van der Waals surface area contributed by atoms with E-state index in [0.717, 1.165) is 38.9 Å². The standard InChI is InChI=1S/C10H23N3O/c1-2-13(8-5-9-14)7-4-3-6-10(11)12/h14H,2-9H2,1H3,(H3,11,12). The molecule has 0 heterocycles. The molecule has 0 aromatic rings. The zero-order chi connectivity index (χ0) is 10.8. The lowest BCUT2D eigenvalue weighted by Gasteiger charge is -2.19. The van der Waals surface area contributed by atoms with Crippen LogP contribution in [0.3, 0.4) is 0 Å². The maximum atomic E-state index is 8.68. The van der Waals surface area contributed by atoms with Gasteiger partial charge in [-0.2, -0.15) is 0 Å². The number of amidine groups is 1. The van der Waals surface area contributed by atoms with Gasteiger partial charge in [-0.25, -0.2) is 0 Å². The van der Waals surface area contributed by atoms with Gasteiger partial charge in [0.1, 0.15) is 0 Å². The minimum Gasteiger partial charge on any atom is -0.396 e. The summed E-state index contributed by atoms with van der Waals surface area (Å²) in [6.07, 6.45) is 3.63. The first-order valence-electron chi connectivity index (χ1n) is 5.36. The summed E-state index contributed by atoms with van der Waals surface area (Å²) in [5.41, 5.74) is 5.26. The number of aliphatic hydroxyl groups is 1. The third-order valence-corrected chi connectivity index (χ3v) is 2.25. The van der Waals surface area contributed by atoms with E-state index in [1.165, 1.54) is 0 Å². The summed E-state index contributed by atoms with van der Waals surface area (Å²) in [4.78, 5) is 2.32. The maximum Gasteiger partial charge on any atom is 0.0905 e. The van der Waals surface area contributed by atoms with Gasteiger partial charge in [-0.1, -0.05) is 6.92 Å². The summed E-state index contributed by atoms with van der Waals surface area (Å²) >= 11 is 0. The lowest BCUT2D eigenvalue weighted by Crippen LogP contribution is -2.26. The van der Waals surface area contributed by atoms with Gasteiger partial charge in [0.15, 0.2) is 0 Å². The van der Waals surface area contributed by atoms with Crippen molar-refractivity contribution >= 4 is 5.84 Å². The first-order valence-corrected chi connectivity index (χ1v) is 5.36. The molecule has 0 spiro atoms. The maximum absolute atomic E-state index is 8.68. The van der Waals surface area contributed by atoms with Crippen molar-refractivity contribution in [1.82, 2.24) is 4.90 Å². The van der Waals surface area contributed by atoms with Crippen LogP contribution >= 0.6 is 0 Å². The van der Waals surface area contributed by atoms with E-state index >= 15 is 0 Å². The van der Waals surface area contributed by atoms with E-state index in [9.17, 15) is 0 Å². The molecule has 4 heteroatoms. The van der Waals surface area contributed by atoms with Crippen molar-refractivity contribution in [2.45, 2.75) is 32.6 Å². The van der Waals surface area contributed by atoms with Crippen LogP contribution in [0.15, 0.2) is 0 Å². The van der Waals surface area contributed by atoms with E-state index in [0.29, 0.717) is 6.42 Å². The molecule has 84 valence electrons. The lowest BCUT2D eigenvalue weighted by atomic mass is 10.2. The summed E-state index contributed by atoms with van der Waals surface area (Å²) in [6.45, 7) is 5.43. The van der Waals surface area contributed by atoms with E-state index in [2.05, 4.69) is 11.8 Å². The number of nitrogens with zero attached hydrogens (tertiary/aromatic N) is 1. The van der Waals surface area contributed by atoms with Crippen molar-refractivity contribution in [2.75, 3.05) is 26.2 Å². The molecule has 0 aromatic carbocycles. The van der Waals surface area contributed by atoms with Gasteiger partial charge in [0, 0.05) is 19.6 Å². The van der Waals surface area contributed by atoms with Crippen LogP contribution in [0.5, 0.6) is 0 Å². The van der Waals surface area contributed by atoms with Crippen molar-refractivity contribution in [3.63, 3.8) is 0 Å². The molecular weight excluding hydrogens is 178 g/mol. The van der Waals surface area contributed by atoms with Gasteiger partial charge in [-0.15, -0.1) is 0 Å². The fourth-order valence-corrected chi connectivity index (χ4v) is 1.37. The Hall–Kier alpha value is -0.610. The number of hydrogen-bond donors (Lipinski definition) is 3. The zero-order valence-electron chi connectivity index (χ0n) is 9.13. The molecule has 0 unspecified atom stereocenters. The second-order valence-electron chi connectivity index (χ2n) is 3.49. The first-order chi connectivity index (χ1) is 6.70. The molecular formula is C10H23N3O. The van der Waals surface area contributed by atoms with Gasteiger partial charge in [0.2, 0.25) is 0 Å². The molecule has 0 aliphatic rings. The molecule has 14 heavy (non-hydrogen) atoms. The van der Waals surface area contributed by atoms with E-state index in [-0.39, 0.29) is 12.4 Å². The second kappa shape index (κ2) is 8.97. The van der Waals surface area contributed by atoms with Crippen LogP contribution in [0.4, 0.5) is 0 Å². The molecule has 0 saturated carbocycles. The molecule has 0 rings (SSSR count).